The SMILES string of the molecule is CN1C(=O)CC(NCc2ccc(N3CCCC3)cc2)C1=O. The zero-order valence-electron chi connectivity index (χ0n) is 12.3. The molecule has 2 aliphatic heterocycles. The second-order valence-electron chi connectivity index (χ2n) is 5.79. The summed E-state index contributed by atoms with van der Waals surface area (Å²) in [5.41, 5.74) is 2.40. The first-order valence-electron chi connectivity index (χ1n) is 7.53. The number of benzene rings is 1. The molecule has 2 amide bonds. The normalized spacial score (nSPS) is 22.4. The molecule has 0 saturated carbocycles. The number of rotatable bonds is 4. The van der Waals surface area contributed by atoms with E-state index in [1.54, 1.807) is 0 Å². The Bertz CT molecular complexity index is 535. The quantitative estimate of drug-likeness (QED) is 0.844. The summed E-state index contributed by atoms with van der Waals surface area (Å²) in [6, 6.07) is 8.07. The van der Waals surface area contributed by atoms with E-state index in [1.165, 1.54) is 30.5 Å². The van der Waals surface area contributed by atoms with Gasteiger partial charge in [0.15, 0.2) is 0 Å². The van der Waals surface area contributed by atoms with Gasteiger partial charge in [0.1, 0.15) is 0 Å². The maximum absolute atomic E-state index is 11.8. The van der Waals surface area contributed by atoms with Crippen LogP contribution >= 0.6 is 0 Å². The molecule has 5 heteroatoms. The topological polar surface area (TPSA) is 52.7 Å². The summed E-state index contributed by atoms with van der Waals surface area (Å²) in [7, 11) is 1.54. The number of carbonyl (C=O) groups excluding carboxylic acids is 2. The van der Waals surface area contributed by atoms with Gasteiger partial charge in [-0.15, -0.1) is 0 Å². The van der Waals surface area contributed by atoms with E-state index in [4.69, 9.17) is 0 Å². The predicted octanol–water partition coefficient (Wildman–Crippen LogP) is 1.13. The van der Waals surface area contributed by atoms with Gasteiger partial charge in [0.25, 0.3) is 0 Å². The summed E-state index contributed by atoms with van der Waals surface area (Å²) >= 11 is 0. The molecule has 112 valence electrons. The number of nitrogens with one attached hydrogen (secondary N) is 1. The minimum absolute atomic E-state index is 0.109. The van der Waals surface area contributed by atoms with E-state index >= 15 is 0 Å². The van der Waals surface area contributed by atoms with Gasteiger partial charge in [-0.1, -0.05) is 12.1 Å². The molecule has 1 aromatic carbocycles. The van der Waals surface area contributed by atoms with Crippen LogP contribution in [0.5, 0.6) is 0 Å². The van der Waals surface area contributed by atoms with E-state index < -0.39 is 0 Å². The summed E-state index contributed by atoms with van der Waals surface area (Å²) in [5, 5.41) is 3.17. The molecule has 1 unspecified atom stereocenters. The van der Waals surface area contributed by atoms with Crippen LogP contribution < -0.4 is 10.2 Å². The van der Waals surface area contributed by atoms with Crippen molar-refractivity contribution in [2.24, 2.45) is 0 Å². The number of nitrogens with zero attached hydrogens (tertiary/aromatic N) is 2. The molecule has 0 radical (unpaired) electrons. The van der Waals surface area contributed by atoms with E-state index in [0.717, 1.165) is 18.7 Å². The fourth-order valence-electron chi connectivity index (χ4n) is 2.96. The maximum Gasteiger partial charge on any atom is 0.246 e. The first kappa shape index (κ1) is 14.1. The lowest BCUT2D eigenvalue weighted by atomic mass is 10.1. The summed E-state index contributed by atoms with van der Waals surface area (Å²) in [4.78, 5) is 26.9. The molecule has 5 nitrogen and oxygen atoms in total. The highest BCUT2D eigenvalue weighted by atomic mass is 16.2. The highest BCUT2D eigenvalue weighted by Crippen LogP contribution is 2.20. The van der Waals surface area contributed by atoms with Crippen LogP contribution in [0.2, 0.25) is 0 Å². The number of anilines is 1. The molecule has 1 aromatic rings. The zero-order valence-corrected chi connectivity index (χ0v) is 12.3. The van der Waals surface area contributed by atoms with Crippen molar-refractivity contribution in [2.45, 2.75) is 31.8 Å². The monoisotopic (exact) mass is 287 g/mol. The van der Waals surface area contributed by atoms with Crippen LogP contribution in [0.1, 0.15) is 24.8 Å². The predicted molar refractivity (Wildman–Crippen MR) is 80.9 cm³/mol. The Hall–Kier alpha value is -1.88. The minimum Gasteiger partial charge on any atom is -0.372 e. The highest BCUT2D eigenvalue weighted by Gasteiger charge is 2.35. The van der Waals surface area contributed by atoms with Crippen LogP contribution in [0.3, 0.4) is 0 Å². The van der Waals surface area contributed by atoms with Crippen molar-refractivity contribution >= 4 is 17.5 Å². The lowest BCUT2D eigenvalue weighted by Crippen LogP contribution is -2.36. The summed E-state index contributed by atoms with van der Waals surface area (Å²) in [5.74, 6) is -0.240. The van der Waals surface area contributed by atoms with Crippen LogP contribution in [-0.2, 0) is 16.1 Å². The standard InChI is InChI=1S/C16H21N3O2/c1-18-15(20)10-14(16(18)21)17-11-12-4-6-13(7-5-12)19-8-2-3-9-19/h4-7,14,17H,2-3,8-11H2,1H3. The third kappa shape index (κ3) is 2.93. The Balaban J connectivity index is 1.56. The van der Waals surface area contributed by atoms with Crippen molar-refractivity contribution in [3.8, 4) is 0 Å². The van der Waals surface area contributed by atoms with Gasteiger partial charge in [0.05, 0.1) is 12.5 Å². The van der Waals surface area contributed by atoms with Gasteiger partial charge < -0.3 is 10.2 Å². The van der Waals surface area contributed by atoms with Crippen molar-refractivity contribution in [3.63, 3.8) is 0 Å². The second kappa shape index (κ2) is 5.85. The Morgan fingerprint density at radius 2 is 1.81 bits per heavy atom. The van der Waals surface area contributed by atoms with Gasteiger partial charge in [0, 0.05) is 32.4 Å². The van der Waals surface area contributed by atoms with E-state index in [9.17, 15) is 9.59 Å². The number of hydrogen-bond acceptors (Lipinski definition) is 4. The Kier molecular flexibility index (Phi) is 3.92. The minimum atomic E-state index is -0.374. The molecular weight excluding hydrogens is 266 g/mol. The molecule has 3 rings (SSSR count). The Morgan fingerprint density at radius 3 is 2.38 bits per heavy atom. The number of likely N-dealkylation sites (N-methyl/N-ethyl adjacent to an activating group) is 1. The van der Waals surface area contributed by atoms with Crippen LogP contribution in [0.25, 0.3) is 0 Å². The van der Waals surface area contributed by atoms with E-state index in [1.807, 2.05) is 0 Å². The second-order valence-corrected chi connectivity index (χ2v) is 5.79. The van der Waals surface area contributed by atoms with E-state index in [2.05, 4.69) is 34.5 Å². The van der Waals surface area contributed by atoms with Crippen LogP contribution in [-0.4, -0.2) is 42.9 Å². The largest absolute Gasteiger partial charge is 0.372 e. The zero-order chi connectivity index (χ0) is 14.8. The molecule has 0 aromatic heterocycles. The molecular formula is C16H21N3O2. The van der Waals surface area contributed by atoms with E-state index in [-0.39, 0.29) is 24.3 Å². The average molecular weight is 287 g/mol. The van der Waals surface area contributed by atoms with Crippen molar-refractivity contribution in [1.29, 1.82) is 0 Å². The van der Waals surface area contributed by atoms with Crippen molar-refractivity contribution in [2.75, 3.05) is 25.0 Å². The first-order valence-corrected chi connectivity index (χ1v) is 7.53. The average Bonchev–Trinajstić information content (AvgIpc) is 3.11. The molecule has 1 atom stereocenters. The summed E-state index contributed by atoms with van der Waals surface area (Å²) < 4.78 is 0. The van der Waals surface area contributed by atoms with Gasteiger partial charge in [0.2, 0.25) is 11.8 Å². The molecule has 1 N–H and O–H groups in total. The number of likely N-dealkylation sites (tertiary alicyclic amines) is 1. The number of imide groups is 1. The summed E-state index contributed by atoms with van der Waals surface area (Å²) in [6.07, 6.45) is 2.81. The van der Waals surface area contributed by atoms with Crippen LogP contribution in [0.15, 0.2) is 24.3 Å². The van der Waals surface area contributed by atoms with E-state index in [0.29, 0.717) is 6.54 Å². The molecule has 2 saturated heterocycles. The number of hydrogen-bond donors (Lipinski definition) is 1. The third-order valence-corrected chi connectivity index (χ3v) is 4.34. The van der Waals surface area contributed by atoms with Gasteiger partial charge >= 0.3 is 0 Å². The highest BCUT2D eigenvalue weighted by molar-refractivity contribution is 6.05. The van der Waals surface area contributed by atoms with Crippen molar-refractivity contribution in [1.82, 2.24) is 10.2 Å². The van der Waals surface area contributed by atoms with Crippen molar-refractivity contribution in [3.05, 3.63) is 29.8 Å². The Labute approximate surface area is 124 Å². The van der Waals surface area contributed by atoms with Crippen molar-refractivity contribution < 1.29 is 9.59 Å². The maximum atomic E-state index is 11.8. The Morgan fingerprint density at radius 1 is 1.14 bits per heavy atom. The summed E-state index contributed by atoms with van der Waals surface area (Å²) in [6.45, 7) is 2.89. The molecule has 2 aliphatic rings. The molecule has 0 bridgehead atoms. The fraction of sp³-hybridized carbons (Fsp3) is 0.500. The first-order chi connectivity index (χ1) is 10.1. The molecule has 2 heterocycles. The molecule has 21 heavy (non-hydrogen) atoms. The lowest BCUT2D eigenvalue weighted by Gasteiger charge is -2.18. The smallest absolute Gasteiger partial charge is 0.246 e. The van der Waals surface area contributed by atoms with Crippen LogP contribution in [0, 0.1) is 0 Å². The van der Waals surface area contributed by atoms with Gasteiger partial charge in [-0.05, 0) is 30.5 Å². The van der Waals surface area contributed by atoms with Gasteiger partial charge in [-0.25, -0.2) is 0 Å². The fourth-order valence-corrected chi connectivity index (χ4v) is 2.96. The molecule has 0 spiro atoms. The lowest BCUT2D eigenvalue weighted by molar-refractivity contribution is -0.137. The third-order valence-electron chi connectivity index (χ3n) is 4.34. The number of carbonyl (C=O) groups is 2. The van der Waals surface area contributed by atoms with Gasteiger partial charge in [-0.2, -0.15) is 0 Å². The van der Waals surface area contributed by atoms with Gasteiger partial charge in [-0.3, -0.25) is 14.5 Å². The van der Waals surface area contributed by atoms with Crippen LogP contribution in [0.4, 0.5) is 5.69 Å². The number of amides is 2. The molecule has 0 aliphatic carbocycles. The molecule has 2 fully saturated rings.